The number of rotatable bonds is 9. The molecule has 3 aromatic rings. The van der Waals surface area contributed by atoms with Gasteiger partial charge in [-0.3, -0.25) is 0 Å². The number of hydrogen-bond donors (Lipinski definition) is 1. The van der Waals surface area contributed by atoms with Crippen LogP contribution in [-0.4, -0.2) is 26.1 Å². The van der Waals surface area contributed by atoms with Gasteiger partial charge in [-0.2, -0.15) is 0 Å². The van der Waals surface area contributed by atoms with E-state index in [2.05, 4.69) is 0 Å². The van der Waals surface area contributed by atoms with Gasteiger partial charge in [0, 0.05) is 11.1 Å². The summed E-state index contributed by atoms with van der Waals surface area (Å²) in [6.45, 7) is 2.33. The Kier molecular flexibility index (Phi) is 8.08. The molecule has 0 saturated carbocycles. The maximum Gasteiger partial charge on any atom is 0.339 e. The highest BCUT2D eigenvalue weighted by Crippen LogP contribution is 2.37. The number of carbonyl (C=O) groups is 1. The molecule has 0 atom stereocenters. The molecule has 0 aliphatic heterocycles. The number of furan rings is 1. The second kappa shape index (κ2) is 10.3. The Labute approximate surface area is 181 Å². The third kappa shape index (κ3) is 5.23. The van der Waals surface area contributed by atoms with Crippen molar-refractivity contribution in [2.45, 2.75) is 30.4 Å². The van der Waals surface area contributed by atoms with Gasteiger partial charge >= 0.3 is 5.97 Å². The predicted octanol–water partition coefficient (Wildman–Crippen LogP) is 5.22. The average Bonchev–Trinajstić information content (AvgIpc) is 3.23. The average molecular weight is 451 g/mol. The van der Waals surface area contributed by atoms with E-state index in [1.807, 2.05) is 6.92 Å². The zero-order chi connectivity index (χ0) is 20.9. The third-order valence-electron chi connectivity index (χ3n) is 4.48. The molecule has 1 heterocycles. The van der Waals surface area contributed by atoms with Crippen molar-refractivity contribution in [1.29, 1.82) is 0 Å². The lowest BCUT2D eigenvalue weighted by molar-refractivity contribution is 0.0691. The molecule has 1 aromatic heterocycles. The van der Waals surface area contributed by atoms with Crippen LogP contribution in [0.2, 0.25) is 0 Å². The summed E-state index contributed by atoms with van der Waals surface area (Å²) in [5.74, 6) is -1.51. The van der Waals surface area contributed by atoms with Gasteiger partial charge in [0.25, 0.3) is 0 Å². The number of ether oxygens (including phenoxy) is 1. The summed E-state index contributed by atoms with van der Waals surface area (Å²) in [5, 5.41) is 9.89. The van der Waals surface area contributed by atoms with Crippen LogP contribution in [0.5, 0.6) is 5.75 Å². The zero-order valence-corrected chi connectivity index (χ0v) is 18.0. The first-order valence-electron chi connectivity index (χ1n) is 9.26. The van der Waals surface area contributed by atoms with Crippen LogP contribution < -0.4 is 4.74 Å². The molecule has 0 saturated heterocycles. The molecule has 3 rings (SSSR count). The lowest BCUT2D eigenvalue weighted by atomic mass is 9.99. The van der Waals surface area contributed by atoms with Gasteiger partial charge in [0.2, 0.25) is 0 Å². The van der Waals surface area contributed by atoms with Gasteiger partial charge in [-0.05, 0) is 30.2 Å². The summed E-state index contributed by atoms with van der Waals surface area (Å²) < 4.78 is 36.6. The van der Waals surface area contributed by atoms with Crippen molar-refractivity contribution >= 4 is 28.2 Å². The molecule has 8 heteroatoms. The Bertz CT molecular complexity index is 1080. The van der Waals surface area contributed by atoms with E-state index in [4.69, 9.17) is 9.15 Å². The number of carboxylic acid groups (broad SMARTS) is 1. The smallest absolute Gasteiger partial charge is 0.339 e. The summed E-state index contributed by atoms with van der Waals surface area (Å²) in [6.07, 6.45) is 4.61. The van der Waals surface area contributed by atoms with Crippen molar-refractivity contribution in [3.05, 3.63) is 72.2 Å². The topological polar surface area (TPSA) is 93.8 Å². The fourth-order valence-electron chi connectivity index (χ4n) is 3.01. The van der Waals surface area contributed by atoms with Crippen molar-refractivity contribution in [2.24, 2.45) is 0 Å². The van der Waals surface area contributed by atoms with Crippen molar-refractivity contribution < 1.29 is 27.5 Å². The van der Waals surface area contributed by atoms with Crippen LogP contribution in [0.15, 0.2) is 70.4 Å². The molecule has 0 unspecified atom stereocenters. The zero-order valence-electron chi connectivity index (χ0n) is 16.4. The third-order valence-corrected chi connectivity index (χ3v) is 6.16. The van der Waals surface area contributed by atoms with Gasteiger partial charge in [-0.15, -0.1) is 12.4 Å². The summed E-state index contributed by atoms with van der Waals surface area (Å²) in [5.41, 5.74) is 1.25. The van der Waals surface area contributed by atoms with Gasteiger partial charge < -0.3 is 14.3 Å². The molecule has 30 heavy (non-hydrogen) atoms. The Morgan fingerprint density at radius 2 is 1.83 bits per heavy atom. The molecule has 1 N–H and O–H groups in total. The predicted molar refractivity (Wildman–Crippen MR) is 116 cm³/mol. The number of benzene rings is 2. The van der Waals surface area contributed by atoms with Crippen LogP contribution in [0.1, 0.15) is 35.7 Å². The largest absolute Gasteiger partial charge is 0.492 e. The van der Waals surface area contributed by atoms with E-state index in [1.54, 1.807) is 30.3 Å². The van der Waals surface area contributed by atoms with Crippen molar-refractivity contribution in [1.82, 2.24) is 0 Å². The lowest BCUT2D eigenvalue weighted by Gasteiger charge is -2.17. The van der Waals surface area contributed by atoms with E-state index < -0.39 is 21.6 Å². The molecule has 0 aliphatic carbocycles. The summed E-state index contributed by atoms with van der Waals surface area (Å²) in [4.78, 5) is 12.3. The highest BCUT2D eigenvalue weighted by molar-refractivity contribution is 7.90. The van der Waals surface area contributed by atoms with Gasteiger partial charge in [0.1, 0.15) is 11.3 Å². The Morgan fingerprint density at radius 1 is 1.10 bits per heavy atom. The highest BCUT2D eigenvalue weighted by atomic mass is 35.5. The SMILES string of the molecule is CCCCOc1c(-c2ccoc2)ccc(CS(=O)(=O)c2ccccc2)c1C(=O)O.Cl. The van der Waals surface area contributed by atoms with Gasteiger partial charge in [-0.25, -0.2) is 13.2 Å². The maximum absolute atomic E-state index is 12.8. The molecule has 0 radical (unpaired) electrons. The number of carboxylic acids is 1. The molecule has 160 valence electrons. The number of halogens is 1. The van der Waals surface area contributed by atoms with E-state index in [9.17, 15) is 18.3 Å². The number of aromatic carboxylic acids is 1. The standard InChI is InChI=1S/C22H22O6S.ClH/c1-2-3-12-28-21-19(16-11-13-27-14-16)10-9-17(20(21)22(23)24)15-29(25,26)18-7-5-4-6-8-18;/h4-11,13-14H,2-3,12,15H2,1H3,(H,23,24);1H. The molecule has 0 fully saturated rings. The second-order valence-corrected chi connectivity index (χ2v) is 8.56. The van der Waals surface area contributed by atoms with E-state index >= 15 is 0 Å². The molecule has 6 nitrogen and oxygen atoms in total. The quantitative estimate of drug-likeness (QED) is 0.449. The van der Waals surface area contributed by atoms with Gasteiger partial charge in [0.15, 0.2) is 9.84 Å². The number of hydrogen-bond acceptors (Lipinski definition) is 5. The van der Waals surface area contributed by atoms with E-state index in [0.717, 1.165) is 12.8 Å². The lowest BCUT2D eigenvalue weighted by Crippen LogP contribution is -2.13. The van der Waals surface area contributed by atoms with E-state index in [0.29, 0.717) is 17.7 Å². The van der Waals surface area contributed by atoms with Crippen LogP contribution in [0.4, 0.5) is 0 Å². The minimum absolute atomic E-state index is 0. The summed E-state index contributed by atoms with van der Waals surface area (Å²) >= 11 is 0. The maximum atomic E-state index is 12.8. The first-order chi connectivity index (χ1) is 13.9. The minimum Gasteiger partial charge on any atom is -0.492 e. The van der Waals surface area contributed by atoms with Crippen LogP contribution in [0, 0.1) is 0 Å². The molecule has 0 amide bonds. The molecule has 0 spiro atoms. The Hall–Kier alpha value is -2.77. The second-order valence-electron chi connectivity index (χ2n) is 6.57. The first kappa shape index (κ1) is 23.5. The van der Waals surface area contributed by atoms with Gasteiger partial charge in [-0.1, -0.05) is 43.7 Å². The molecule has 2 aromatic carbocycles. The normalized spacial score (nSPS) is 11.0. The van der Waals surface area contributed by atoms with Crippen LogP contribution >= 0.6 is 12.4 Å². The van der Waals surface area contributed by atoms with Gasteiger partial charge in [0.05, 0.1) is 29.8 Å². The van der Waals surface area contributed by atoms with E-state index in [-0.39, 0.29) is 34.2 Å². The highest BCUT2D eigenvalue weighted by Gasteiger charge is 2.26. The molecular weight excluding hydrogens is 428 g/mol. The van der Waals surface area contributed by atoms with E-state index in [1.165, 1.54) is 30.7 Å². The van der Waals surface area contributed by atoms with Crippen molar-refractivity contribution in [3.8, 4) is 16.9 Å². The first-order valence-corrected chi connectivity index (χ1v) is 10.9. The fourth-order valence-corrected chi connectivity index (χ4v) is 4.40. The van der Waals surface area contributed by atoms with Crippen molar-refractivity contribution in [2.75, 3.05) is 6.61 Å². The summed E-state index contributed by atoms with van der Waals surface area (Å²) in [6, 6.07) is 12.9. The summed E-state index contributed by atoms with van der Waals surface area (Å²) in [7, 11) is -3.72. The number of unbranched alkanes of at least 4 members (excludes halogenated alkanes) is 1. The monoisotopic (exact) mass is 450 g/mol. The fraction of sp³-hybridized carbons (Fsp3) is 0.227. The Morgan fingerprint density at radius 3 is 2.43 bits per heavy atom. The molecule has 0 aliphatic rings. The van der Waals surface area contributed by atoms with Crippen LogP contribution in [-0.2, 0) is 15.6 Å². The molecular formula is C22H23ClO6S. The van der Waals surface area contributed by atoms with Crippen LogP contribution in [0.25, 0.3) is 11.1 Å². The minimum atomic E-state index is -3.72. The number of sulfone groups is 1. The van der Waals surface area contributed by atoms with Crippen molar-refractivity contribution in [3.63, 3.8) is 0 Å². The Balaban J connectivity index is 0.00000320. The van der Waals surface area contributed by atoms with Crippen LogP contribution in [0.3, 0.4) is 0 Å². The molecule has 0 bridgehead atoms.